The van der Waals surface area contributed by atoms with E-state index in [4.69, 9.17) is 0 Å². The molecule has 0 unspecified atom stereocenters. The Kier molecular flexibility index (Phi) is 5.40. The number of phenolic OH excluding ortho intramolecular Hbond substituents is 2. The Morgan fingerprint density at radius 2 is 0.829 bits per heavy atom. The lowest BCUT2D eigenvalue weighted by Crippen LogP contribution is -1.85. The van der Waals surface area contributed by atoms with Crippen LogP contribution in [0.5, 0.6) is 11.5 Å². The summed E-state index contributed by atoms with van der Waals surface area (Å²) in [7, 11) is 0. The first kappa shape index (κ1) is 21.3. The second kappa shape index (κ2) is 8.86. The van der Waals surface area contributed by atoms with Gasteiger partial charge in [0.1, 0.15) is 11.5 Å². The molecule has 0 bridgehead atoms. The summed E-state index contributed by atoms with van der Waals surface area (Å²) in [5, 5.41) is 25.9. The number of hydrogen-bond acceptors (Lipinski definition) is 3. The van der Waals surface area contributed by atoms with E-state index in [-0.39, 0.29) is 11.5 Å². The Bertz CT molecular complexity index is 1570. The number of hydrogen-bond donors (Lipinski definition) is 2. The summed E-state index contributed by atoms with van der Waals surface area (Å²) in [5.74, 6) is 0.515. The van der Waals surface area contributed by atoms with Crippen LogP contribution in [0.25, 0.3) is 43.8 Å². The van der Waals surface area contributed by atoms with Gasteiger partial charge in [0.25, 0.3) is 0 Å². The summed E-state index contributed by atoms with van der Waals surface area (Å²) < 4.78 is 0. The second-order valence-corrected chi connectivity index (χ2v) is 9.66. The molecular weight excluding hydrogens is 448 g/mol. The molecule has 6 aromatic rings. The molecule has 0 atom stereocenters. The lowest BCUT2D eigenvalue weighted by atomic mass is 9.98. The average Bonchev–Trinajstić information content (AvgIpc) is 2.90. The molecular formula is C32H22O2S. The van der Waals surface area contributed by atoms with Crippen molar-refractivity contribution in [3.8, 4) is 33.8 Å². The predicted molar refractivity (Wildman–Crippen MR) is 146 cm³/mol. The molecule has 0 aliphatic carbocycles. The number of benzene rings is 6. The molecule has 6 aromatic carbocycles. The zero-order valence-electron chi connectivity index (χ0n) is 18.8. The first-order chi connectivity index (χ1) is 17.2. The first-order valence-electron chi connectivity index (χ1n) is 11.5. The van der Waals surface area contributed by atoms with Gasteiger partial charge in [-0.1, -0.05) is 96.7 Å². The van der Waals surface area contributed by atoms with Crippen molar-refractivity contribution in [1.29, 1.82) is 0 Å². The van der Waals surface area contributed by atoms with Crippen LogP contribution in [0.2, 0.25) is 0 Å². The zero-order valence-corrected chi connectivity index (χ0v) is 19.7. The van der Waals surface area contributed by atoms with Crippen molar-refractivity contribution in [3.63, 3.8) is 0 Å². The predicted octanol–water partition coefficient (Wildman–Crippen LogP) is 8.89. The summed E-state index contributed by atoms with van der Waals surface area (Å²) in [6, 6.07) is 40.2. The van der Waals surface area contributed by atoms with Crippen LogP contribution in [-0.2, 0) is 0 Å². The van der Waals surface area contributed by atoms with Gasteiger partial charge in [-0.2, -0.15) is 0 Å². The summed E-state index contributed by atoms with van der Waals surface area (Å²) in [5.41, 5.74) is 3.62. The van der Waals surface area contributed by atoms with Gasteiger partial charge in [-0.25, -0.2) is 0 Å². The Morgan fingerprint density at radius 1 is 0.400 bits per heavy atom. The van der Waals surface area contributed by atoms with Crippen molar-refractivity contribution < 1.29 is 10.2 Å². The van der Waals surface area contributed by atoms with Crippen LogP contribution in [0.3, 0.4) is 0 Å². The summed E-state index contributed by atoms with van der Waals surface area (Å²) in [6.07, 6.45) is 0. The lowest BCUT2D eigenvalue weighted by molar-refractivity contribution is 0.476. The van der Waals surface area contributed by atoms with Crippen LogP contribution in [0, 0.1) is 0 Å². The molecule has 6 rings (SSSR count). The minimum absolute atomic E-state index is 0.257. The summed E-state index contributed by atoms with van der Waals surface area (Å²) in [4.78, 5) is 2.03. The topological polar surface area (TPSA) is 40.5 Å². The van der Waals surface area contributed by atoms with Crippen molar-refractivity contribution >= 4 is 33.3 Å². The first-order valence-corrected chi connectivity index (χ1v) is 12.3. The number of aromatic hydroxyl groups is 2. The molecule has 0 aromatic heterocycles. The lowest BCUT2D eigenvalue weighted by Gasteiger charge is -2.13. The van der Waals surface area contributed by atoms with Gasteiger partial charge in [-0.05, 0) is 69.1 Å². The van der Waals surface area contributed by atoms with Crippen LogP contribution < -0.4 is 0 Å². The Hall–Kier alpha value is -4.21. The minimum atomic E-state index is 0.257. The van der Waals surface area contributed by atoms with Crippen LogP contribution in [0.4, 0.5) is 0 Å². The van der Waals surface area contributed by atoms with E-state index in [1.54, 1.807) is 23.9 Å². The van der Waals surface area contributed by atoms with Gasteiger partial charge in [0.15, 0.2) is 0 Å². The van der Waals surface area contributed by atoms with Crippen LogP contribution in [0.1, 0.15) is 0 Å². The van der Waals surface area contributed by atoms with E-state index < -0.39 is 0 Å². The molecule has 0 saturated heterocycles. The van der Waals surface area contributed by atoms with E-state index in [0.29, 0.717) is 0 Å². The third-order valence-electron chi connectivity index (χ3n) is 6.33. The Labute approximate surface area is 208 Å². The van der Waals surface area contributed by atoms with Crippen molar-refractivity contribution in [2.45, 2.75) is 9.79 Å². The average molecular weight is 471 g/mol. The maximum atomic E-state index is 10.7. The smallest absolute Gasteiger partial charge is 0.123 e. The number of fused-ring (bicyclic) bond motifs is 2. The molecule has 0 saturated carbocycles. The van der Waals surface area contributed by atoms with E-state index in [1.165, 1.54) is 0 Å². The Morgan fingerprint density at radius 3 is 1.31 bits per heavy atom. The molecule has 3 heteroatoms. The van der Waals surface area contributed by atoms with Crippen molar-refractivity contribution in [3.05, 3.63) is 121 Å². The van der Waals surface area contributed by atoms with E-state index in [9.17, 15) is 10.2 Å². The van der Waals surface area contributed by atoms with E-state index in [1.807, 2.05) is 72.8 Å². The van der Waals surface area contributed by atoms with E-state index in [2.05, 4.69) is 36.4 Å². The molecule has 0 heterocycles. The standard InChI is InChI=1S/C32H22O2S/c33-31-17-15-23(19-29(31)27-13-5-9-21-7-1-3-11-25(21)27)35-24-16-18-32(34)30(20-24)28-14-6-10-22-8-2-4-12-26(22)28/h1-20,33-34H. The minimum Gasteiger partial charge on any atom is -0.507 e. The highest BCUT2D eigenvalue weighted by molar-refractivity contribution is 7.99. The van der Waals surface area contributed by atoms with Gasteiger partial charge in [0, 0.05) is 20.9 Å². The molecule has 0 fully saturated rings. The quantitative estimate of drug-likeness (QED) is 0.270. The second-order valence-electron chi connectivity index (χ2n) is 8.51. The fourth-order valence-corrected chi connectivity index (χ4v) is 5.54. The van der Waals surface area contributed by atoms with E-state index in [0.717, 1.165) is 53.6 Å². The molecule has 0 aliphatic rings. The number of phenols is 2. The van der Waals surface area contributed by atoms with Crippen molar-refractivity contribution in [1.82, 2.24) is 0 Å². The highest BCUT2D eigenvalue weighted by Gasteiger charge is 2.13. The molecule has 0 radical (unpaired) electrons. The molecule has 0 amide bonds. The third kappa shape index (κ3) is 4.01. The normalized spacial score (nSPS) is 11.2. The maximum Gasteiger partial charge on any atom is 0.123 e. The van der Waals surface area contributed by atoms with Crippen LogP contribution >= 0.6 is 11.8 Å². The molecule has 2 nitrogen and oxygen atoms in total. The molecule has 35 heavy (non-hydrogen) atoms. The third-order valence-corrected chi connectivity index (χ3v) is 7.31. The summed E-state index contributed by atoms with van der Waals surface area (Å²) in [6.45, 7) is 0. The molecule has 0 spiro atoms. The van der Waals surface area contributed by atoms with Gasteiger partial charge in [-0.15, -0.1) is 0 Å². The van der Waals surface area contributed by atoms with E-state index >= 15 is 0 Å². The highest BCUT2D eigenvalue weighted by atomic mass is 32.2. The van der Waals surface area contributed by atoms with Gasteiger partial charge >= 0.3 is 0 Å². The van der Waals surface area contributed by atoms with Crippen LogP contribution in [-0.4, -0.2) is 10.2 Å². The molecule has 0 aliphatic heterocycles. The van der Waals surface area contributed by atoms with Gasteiger partial charge in [0.05, 0.1) is 0 Å². The Balaban J connectivity index is 1.40. The fraction of sp³-hybridized carbons (Fsp3) is 0. The van der Waals surface area contributed by atoms with Crippen LogP contribution in [0.15, 0.2) is 131 Å². The van der Waals surface area contributed by atoms with Crippen molar-refractivity contribution in [2.24, 2.45) is 0 Å². The highest BCUT2D eigenvalue weighted by Crippen LogP contribution is 2.41. The maximum absolute atomic E-state index is 10.7. The SMILES string of the molecule is Oc1ccc(Sc2ccc(O)c(-c3cccc4ccccc34)c2)cc1-c1cccc2ccccc12. The fourth-order valence-electron chi connectivity index (χ4n) is 4.65. The molecule has 168 valence electrons. The van der Waals surface area contributed by atoms with Crippen molar-refractivity contribution in [2.75, 3.05) is 0 Å². The van der Waals surface area contributed by atoms with Gasteiger partial charge in [0.2, 0.25) is 0 Å². The largest absolute Gasteiger partial charge is 0.507 e. The molecule has 2 N–H and O–H groups in total. The van der Waals surface area contributed by atoms with Gasteiger partial charge < -0.3 is 10.2 Å². The number of rotatable bonds is 4. The monoisotopic (exact) mass is 470 g/mol. The summed E-state index contributed by atoms with van der Waals surface area (Å²) >= 11 is 1.61. The van der Waals surface area contributed by atoms with Gasteiger partial charge in [-0.3, -0.25) is 0 Å². The zero-order chi connectivity index (χ0) is 23.8.